The lowest BCUT2D eigenvalue weighted by atomic mass is 9.93. The molecule has 0 amide bonds. The Morgan fingerprint density at radius 3 is 2.65 bits per heavy atom. The predicted octanol–water partition coefficient (Wildman–Crippen LogP) is 3.15. The van der Waals surface area contributed by atoms with Gasteiger partial charge in [-0.3, -0.25) is 0 Å². The largest absolute Gasteiger partial charge is 0.359 e. The summed E-state index contributed by atoms with van der Waals surface area (Å²) in [6.07, 6.45) is 0. The number of aryl methyl sites for hydroxylation is 1. The van der Waals surface area contributed by atoms with Crippen LogP contribution in [0.25, 0.3) is 10.9 Å². The van der Waals surface area contributed by atoms with Gasteiger partial charge in [0, 0.05) is 30.8 Å². The SMILES string of the molecule is Cc1cc2cc(CNCC(C)(C)CN(C)C)ccc2[nH]1. The number of hydrogen-bond acceptors (Lipinski definition) is 2. The van der Waals surface area contributed by atoms with E-state index in [9.17, 15) is 0 Å². The van der Waals surface area contributed by atoms with Gasteiger partial charge < -0.3 is 15.2 Å². The molecule has 1 aromatic heterocycles. The highest BCUT2D eigenvalue weighted by Gasteiger charge is 2.18. The number of hydrogen-bond donors (Lipinski definition) is 2. The highest BCUT2D eigenvalue weighted by atomic mass is 15.1. The Bertz CT molecular complexity index is 567. The molecule has 0 aliphatic heterocycles. The van der Waals surface area contributed by atoms with Crippen molar-refractivity contribution in [1.82, 2.24) is 15.2 Å². The summed E-state index contributed by atoms with van der Waals surface area (Å²) >= 11 is 0. The molecule has 0 spiro atoms. The summed E-state index contributed by atoms with van der Waals surface area (Å²) in [5.74, 6) is 0. The molecule has 2 N–H and O–H groups in total. The van der Waals surface area contributed by atoms with Crippen molar-refractivity contribution in [3.63, 3.8) is 0 Å². The van der Waals surface area contributed by atoms with E-state index in [1.54, 1.807) is 0 Å². The highest BCUT2D eigenvalue weighted by molar-refractivity contribution is 5.81. The van der Waals surface area contributed by atoms with Crippen molar-refractivity contribution < 1.29 is 0 Å². The number of nitrogens with zero attached hydrogens (tertiary/aromatic N) is 1. The van der Waals surface area contributed by atoms with E-state index in [1.165, 1.54) is 22.2 Å². The molecule has 1 aromatic carbocycles. The van der Waals surface area contributed by atoms with Gasteiger partial charge in [0.05, 0.1) is 0 Å². The second-order valence-electron chi connectivity index (χ2n) is 6.88. The average Bonchev–Trinajstić information content (AvgIpc) is 2.66. The van der Waals surface area contributed by atoms with Gasteiger partial charge in [-0.2, -0.15) is 0 Å². The van der Waals surface area contributed by atoms with Crippen LogP contribution in [0.1, 0.15) is 25.1 Å². The molecule has 0 saturated carbocycles. The zero-order chi connectivity index (χ0) is 14.8. The topological polar surface area (TPSA) is 31.1 Å². The maximum absolute atomic E-state index is 3.58. The smallest absolute Gasteiger partial charge is 0.0456 e. The standard InChI is InChI=1S/C17H27N3/c1-13-8-15-9-14(6-7-16(15)19-13)10-18-11-17(2,3)12-20(4)5/h6-9,18-19H,10-12H2,1-5H3. The maximum Gasteiger partial charge on any atom is 0.0456 e. The van der Waals surface area contributed by atoms with E-state index in [2.05, 4.69) is 74.3 Å². The van der Waals surface area contributed by atoms with Crippen molar-refractivity contribution in [2.45, 2.75) is 27.3 Å². The second-order valence-corrected chi connectivity index (χ2v) is 6.88. The lowest BCUT2D eigenvalue weighted by molar-refractivity contribution is 0.232. The summed E-state index contributed by atoms with van der Waals surface area (Å²) in [5, 5.41) is 4.88. The molecular formula is C17H27N3. The number of aromatic amines is 1. The van der Waals surface area contributed by atoms with Crippen LogP contribution in [-0.2, 0) is 6.54 Å². The Kier molecular flexibility index (Phi) is 4.51. The molecule has 0 saturated heterocycles. The lowest BCUT2D eigenvalue weighted by Crippen LogP contribution is -2.37. The van der Waals surface area contributed by atoms with Crippen LogP contribution in [0.4, 0.5) is 0 Å². The molecule has 110 valence electrons. The first-order chi connectivity index (χ1) is 9.35. The fourth-order valence-electron chi connectivity index (χ4n) is 2.89. The van der Waals surface area contributed by atoms with Crippen molar-refractivity contribution in [2.75, 3.05) is 27.2 Å². The number of nitrogens with one attached hydrogen (secondary N) is 2. The molecule has 0 fully saturated rings. The fraction of sp³-hybridized carbons (Fsp3) is 0.529. The Balaban J connectivity index is 1.92. The molecule has 3 heteroatoms. The molecule has 0 bridgehead atoms. The fourth-order valence-corrected chi connectivity index (χ4v) is 2.89. The number of H-pyrrole nitrogens is 1. The van der Waals surface area contributed by atoms with Crippen molar-refractivity contribution >= 4 is 10.9 Å². The van der Waals surface area contributed by atoms with Crippen LogP contribution in [0, 0.1) is 12.3 Å². The normalized spacial score (nSPS) is 12.5. The number of rotatable bonds is 6. The Morgan fingerprint density at radius 2 is 1.95 bits per heavy atom. The van der Waals surface area contributed by atoms with Gasteiger partial charge in [-0.1, -0.05) is 19.9 Å². The van der Waals surface area contributed by atoms with Crippen molar-refractivity contribution in [3.8, 4) is 0 Å². The molecule has 0 radical (unpaired) electrons. The summed E-state index contributed by atoms with van der Waals surface area (Å²) in [6.45, 7) is 9.75. The van der Waals surface area contributed by atoms with Gasteiger partial charge in [0.15, 0.2) is 0 Å². The molecule has 0 aliphatic carbocycles. The van der Waals surface area contributed by atoms with Gasteiger partial charge in [-0.15, -0.1) is 0 Å². The van der Waals surface area contributed by atoms with Crippen LogP contribution < -0.4 is 5.32 Å². The number of benzene rings is 1. The molecule has 2 rings (SSSR count). The second kappa shape index (κ2) is 5.98. The van der Waals surface area contributed by atoms with Gasteiger partial charge in [0.25, 0.3) is 0 Å². The number of aromatic nitrogens is 1. The monoisotopic (exact) mass is 273 g/mol. The third kappa shape index (κ3) is 4.09. The molecule has 3 nitrogen and oxygen atoms in total. The first-order valence-corrected chi connectivity index (χ1v) is 7.29. The van der Waals surface area contributed by atoms with Crippen LogP contribution in [0.5, 0.6) is 0 Å². The zero-order valence-electron chi connectivity index (χ0n) is 13.4. The predicted molar refractivity (Wildman–Crippen MR) is 87.1 cm³/mol. The van der Waals surface area contributed by atoms with E-state index in [0.29, 0.717) is 0 Å². The first kappa shape index (κ1) is 15.1. The van der Waals surface area contributed by atoms with Crippen LogP contribution in [0.2, 0.25) is 0 Å². The maximum atomic E-state index is 3.58. The lowest BCUT2D eigenvalue weighted by Gasteiger charge is -2.28. The molecule has 2 aromatic rings. The van der Waals surface area contributed by atoms with Gasteiger partial charge in [-0.05, 0) is 55.6 Å². The Hall–Kier alpha value is -1.32. The van der Waals surface area contributed by atoms with Gasteiger partial charge in [0.2, 0.25) is 0 Å². The van der Waals surface area contributed by atoms with Crippen LogP contribution >= 0.6 is 0 Å². The molecule has 0 unspecified atom stereocenters. The van der Waals surface area contributed by atoms with E-state index in [0.717, 1.165) is 19.6 Å². The minimum atomic E-state index is 0.290. The Labute approximate surface area is 122 Å². The Morgan fingerprint density at radius 1 is 1.20 bits per heavy atom. The van der Waals surface area contributed by atoms with E-state index in [-0.39, 0.29) is 5.41 Å². The minimum Gasteiger partial charge on any atom is -0.359 e. The molecule has 1 heterocycles. The van der Waals surface area contributed by atoms with Crippen molar-refractivity contribution in [1.29, 1.82) is 0 Å². The summed E-state index contributed by atoms with van der Waals surface area (Å²) in [6, 6.07) is 8.84. The third-order valence-electron chi connectivity index (χ3n) is 3.50. The summed E-state index contributed by atoms with van der Waals surface area (Å²) in [7, 11) is 4.26. The third-order valence-corrected chi connectivity index (χ3v) is 3.50. The van der Waals surface area contributed by atoms with Crippen LogP contribution in [0.15, 0.2) is 24.3 Å². The van der Waals surface area contributed by atoms with Gasteiger partial charge >= 0.3 is 0 Å². The number of fused-ring (bicyclic) bond motifs is 1. The zero-order valence-corrected chi connectivity index (χ0v) is 13.4. The molecule has 0 atom stereocenters. The highest BCUT2D eigenvalue weighted by Crippen LogP contribution is 2.18. The van der Waals surface area contributed by atoms with E-state index in [4.69, 9.17) is 0 Å². The van der Waals surface area contributed by atoms with E-state index in [1.807, 2.05) is 0 Å². The summed E-state index contributed by atoms with van der Waals surface area (Å²) in [5.41, 5.74) is 4.08. The molecule has 0 aliphatic rings. The van der Waals surface area contributed by atoms with Crippen LogP contribution in [-0.4, -0.2) is 37.1 Å². The van der Waals surface area contributed by atoms with E-state index >= 15 is 0 Å². The molecule has 20 heavy (non-hydrogen) atoms. The molecular weight excluding hydrogens is 246 g/mol. The van der Waals surface area contributed by atoms with Gasteiger partial charge in [0.1, 0.15) is 0 Å². The van der Waals surface area contributed by atoms with Crippen LogP contribution in [0.3, 0.4) is 0 Å². The van der Waals surface area contributed by atoms with Crippen molar-refractivity contribution in [3.05, 3.63) is 35.5 Å². The van der Waals surface area contributed by atoms with Crippen molar-refractivity contribution in [2.24, 2.45) is 5.41 Å². The minimum absolute atomic E-state index is 0.290. The van der Waals surface area contributed by atoms with Gasteiger partial charge in [-0.25, -0.2) is 0 Å². The summed E-state index contributed by atoms with van der Waals surface area (Å²) in [4.78, 5) is 5.61. The quantitative estimate of drug-likeness (QED) is 0.847. The summed E-state index contributed by atoms with van der Waals surface area (Å²) < 4.78 is 0. The average molecular weight is 273 g/mol. The van der Waals surface area contributed by atoms with E-state index < -0.39 is 0 Å². The first-order valence-electron chi connectivity index (χ1n) is 7.29.